The van der Waals surface area contributed by atoms with Crippen LogP contribution >= 0.6 is 0 Å². The van der Waals surface area contributed by atoms with Gasteiger partial charge in [0.2, 0.25) is 5.95 Å². The number of methoxy groups -OCH3 is 1. The number of morpholine rings is 1. The second kappa shape index (κ2) is 11.3. The molecule has 1 amide bonds. The van der Waals surface area contributed by atoms with Crippen LogP contribution in [0.1, 0.15) is 21.5 Å². The lowest BCUT2D eigenvalue weighted by molar-refractivity contribution is -0.139. The van der Waals surface area contributed by atoms with Gasteiger partial charge in [-0.2, -0.15) is 26.3 Å². The molecule has 2 aromatic carbocycles. The molecule has 1 fully saturated rings. The van der Waals surface area contributed by atoms with Gasteiger partial charge in [0.25, 0.3) is 5.91 Å². The van der Waals surface area contributed by atoms with Crippen LogP contribution in [0.25, 0.3) is 11.0 Å². The number of nitrogens with zero attached hydrogens (tertiary/aromatic N) is 5. The Hall–Kier alpha value is -4.73. The Kier molecular flexibility index (Phi) is 7.73. The Labute approximate surface area is 233 Å². The number of anilines is 4. The highest BCUT2D eigenvalue weighted by molar-refractivity contribution is 6.05. The lowest BCUT2D eigenvalue weighted by Crippen LogP contribution is -2.37. The van der Waals surface area contributed by atoms with Crippen molar-refractivity contribution in [1.82, 2.24) is 19.9 Å². The summed E-state index contributed by atoms with van der Waals surface area (Å²) in [6, 6.07) is 5.38. The maximum Gasteiger partial charge on any atom is 0.420 e. The highest BCUT2D eigenvalue weighted by Gasteiger charge is 2.36. The van der Waals surface area contributed by atoms with Crippen LogP contribution in [0.3, 0.4) is 0 Å². The molecule has 1 aliphatic heterocycles. The van der Waals surface area contributed by atoms with Gasteiger partial charge in [0.1, 0.15) is 23.1 Å². The first-order valence-corrected chi connectivity index (χ1v) is 12.3. The van der Waals surface area contributed by atoms with Crippen molar-refractivity contribution in [3.05, 3.63) is 65.6 Å². The third-order valence-corrected chi connectivity index (χ3v) is 6.26. The van der Waals surface area contributed by atoms with E-state index in [9.17, 15) is 31.1 Å². The molecule has 2 N–H and O–H groups in total. The minimum Gasteiger partial charge on any atom is -0.496 e. The first kappa shape index (κ1) is 28.8. The monoisotopic (exact) mass is 593 g/mol. The molecule has 0 radical (unpaired) electrons. The summed E-state index contributed by atoms with van der Waals surface area (Å²) in [6.07, 6.45) is -7.07. The summed E-state index contributed by atoms with van der Waals surface area (Å²) in [7, 11) is 1.07. The van der Waals surface area contributed by atoms with Gasteiger partial charge in [-0.05, 0) is 36.4 Å². The van der Waals surface area contributed by atoms with Gasteiger partial charge in [-0.1, -0.05) is 0 Å². The second-order valence-corrected chi connectivity index (χ2v) is 8.98. The Morgan fingerprint density at radius 2 is 1.69 bits per heavy atom. The SMILES string of the molecule is COc1ccc(NC(=O)c2ccc(C(F)(F)F)c(Nc3ncnc4cnc(N5CCOCC5)nc34)c2)cc1C(F)(F)F. The van der Waals surface area contributed by atoms with Gasteiger partial charge in [0.15, 0.2) is 5.82 Å². The predicted octanol–water partition coefficient (Wildman–Crippen LogP) is 5.30. The molecule has 0 spiro atoms. The minimum atomic E-state index is -4.83. The van der Waals surface area contributed by atoms with E-state index in [1.807, 2.05) is 4.90 Å². The number of ether oxygens (including phenoxy) is 2. The number of halogens is 6. The number of alkyl halides is 6. The number of carbonyl (C=O) groups excluding carboxylic acids is 1. The summed E-state index contributed by atoms with van der Waals surface area (Å²) < 4.78 is 92.1. The summed E-state index contributed by atoms with van der Waals surface area (Å²) >= 11 is 0. The first-order chi connectivity index (χ1) is 19.9. The Morgan fingerprint density at radius 1 is 0.952 bits per heavy atom. The number of nitrogens with one attached hydrogen (secondary N) is 2. The van der Waals surface area contributed by atoms with Gasteiger partial charge in [0, 0.05) is 24.3 Å². The smallest absolute Gasteiger partial charge is 0.420 e. The average molecular weight is 593 g/mol. The standard InChI is InChI=1S/C26H21F6N7O3/c1-41-20-5-3-15(11-17(20)26(30,31)32)36-23(40)14-2-4-16(25(27,28)29)18(10-14)37-22-21-19(34-13-35-22)12-33-24(38-21)39-6-8-42-9-7-39/h2-5,10-13H,6-9H2,1H3,(H,36,40)(H,34,35,37). The number of fused-ring (bicyclic) bond motifs is 1. The van der Waals surface area contributed by atoms with Crippen molar-refractivity contribution in [3.8, 4) is 5.75 Å². The van der Waals surface area contributed by atoms with Gasteiger partial charge in [-0.15, -0.1) is 0 Å². The van der Waals surface area contributed by atoms with Crippen molar-refractivity contribution in [1.29, 1.82) is 0 Å². The molecule has 0 atom stereocenters. The molecule has 42 heavy (non-hydrogen) atoms. The molecule has 220 valence electrons. The molecule has 0 aliphatic carbocycles. The van der Waals surface area contributed by atoms with Gasteiger partial charge in [-0.3, -0.25) is 4.79 Å². The predicted molar refractivity (Wildman–Crippen MR) is 139 cm³/mol. The fourth-order valence-electron chi connectivity index (χ4n) is 4.23. The Bertz CT molecular complexity index is 1620. The van der Waals surface area contributed by atoms with Crippen LogP contribution < -0.4 is 20.3 Å². The third-order valence-electron chi connectivity index (χ3n) is 6.26. The quantitative estimate of drug-likeness (QED) is 0.288. The highest BCUT2D eigenvalue weighted by atomic mass is 19.4. The summed E-state index contributed by atoms with van der Waals surface area (Å²) in [5, 5.41) is 4.88. The van der Waals surface area contributed by atoms with E-state index in [4.69, 9.17) is 9.47 Å². The molecule has 3 heterocycles. The summed E-state index contributed by atoms with van der Waals surface area (Å²) in [5.74, 6) is -1.18. The molecule has 0 saturated carbocycles. The van der Waals surface area contributed by atoms with Crippen LogP contribution in [0.5, 0.6) is 5.75 Å². The van der Waals surface area contributed by atoms with Crippen LogP contribution in [0, 0.1) is 0 Å². The zero-order valence-electron chi connectivity index (χ0n) is 21.7. The molecule has 2 aromatic heterocycles. The third kappa shape index (κ3) is 6.12. The Morgan fingerprint density at radius 3 is 2.38 bits per heavy atom. The van der Waals surface area contributed by atoms with E-state index in [0.29, 0.717) is 44.4 Å². The average Bonchev–Trinajstić information content (AvgIpc) is 2.96. The summed E-state index contributed by atoms with van der Waals surface area (Å²) in [6.45, 7) is 1.93. The van der Waals surface area contributed by atoms with Crippen LogP contribution in [0.2, 0.25) is 0 Å². The lowest BCUT2D eigenvalue weighted by Gasteiger charge is -2.26. The molecule has 5 rings (SSSR count). The fraction of sp³-hybridized carbons (Fsp3) is 0.269. The van der Waals surface area contributed by atoms with E-state index in [0.717, 1.165) is 31.6 Å². The molecule has 16 heteroatoms. The van der Waals surface area contributed by atoms with Gasteiger partial charge < -0.3 is 25.0 Å². The minimum absolute atomic E-state index is 0.0788. The number of carbonyl (C=O) groups is 1. The van der Waals surface area contributed by atoms with Crippen LogP contribution in [-0.2, 0) is 17.1 Å². The molecular formula is C26H21F6N7O3. The number of amides is 1. The van der Waals surface area contributed by atoms with E-state index in [1.54, 1.807) is 0 Å². The second-order valence-electron chi connectivity index (χ2n) is 8.98. The van der Waals surface area contributed by atoms with E-state index < -0.39 is 40.8 Å². The van der Waals surface area contributed by atoms with E-state index >= 15 is 0 Å². The fourth-order valence-corrected chi connectivity index (χ4v) is 4.23. The molecule has 10 nitrogen and oxygen atoms in total. The van der Waals surface area contributed by atoms with Crippen molar-refractivity contribution in [2.24, 2.45) is 0 Å². The maximum absolute atomic E-state index is 13.9. The molecule has 1 saturated heterocycles. The van der Waals surface area contributed by atoms with Crippen LogP contribution in [-0.4, -0.2) is 59.3 Å². The molecule has 0 unspecified atom stereocenters. The number of rotatable bonds is 6. The number of aromatic nitrogens is 4. The van der Waals surface area contributed by atoms with E-state index in [-0.39, 0.29) is 28.1 Å². The Balaban J connectivity index is 1.49. The van der Waals surface area contributed by atoms with Gasteiger partial charge >= 0.3 is 12.4 Å². The molecular weight excluding hydrogens is 572 g/mol. The normalized spacial score (nSPS) is 14.1. The topological polar surface area (TPSA) is 114 Å². The summed E-state index contributed by atoms with van der Waals surface area (Å²) in [5.41, 5.74) is -2.90. The van der Waals surface area contributed by atoms with Crippen molar-refractivity contribution in [2.75, 3.05) is 48.9 Å². The highest BCUT2D eigenvalue weighted by Crippen LogP contribution is 2.39. The van der Waals surface area contributed by atoms with Crippen LogP contribution in [0.15, 0.2) is 48.9 Å². The summed E-state index contributed by atoms with van der Waals surface area (Å²) in [4.78, 5) is 31.6. The zero-order valence-corrected chi connectivity index (χ0v) is 21.7. The zero-order chi connectivity index (χ0) is 30.1. The number of hydrogen-bond acceptors (Lipinski definition) is 9. The molecule has 4 aromatic rings. The van der Waals surface area contributed by atoms with Gasteiger partial charge in [0.05, 0.1) is 43.3 Å². The van der Waals surface area contributed by atoms with Crippen molar-refractivity contribution < 1.29 is 40.6 Å². The van der Waals surface area contributed by atoms with Crippen molar-refractivity contribution in [3.63, 3.8) is 0 Å². The number of benzene rings is 2. The molecule has 0 bridgehead atoms. The lowest BCUT2D eigenvalue weighted by atomic mass is 10.1. The number of hydrogen-bond donors (Lipinski definition) is 2. The van der Waals surface area contributed by atoms with E-state index in [1.165, 1.54) is 12.3 Å². The maximum atomic E-state index is 13.9. The van der Waals surface area contributed by atoms with Gasteiger partial charge in [-0.25, -0.2) is 19.9 Å². The largest absolute Gasteiger partial charge is 0.496 e. The van der Waals surface area contributed by atoms with Crippen LogP contribution in [0.4, 0.5) is 49.5 Å². The van der Waals surface area contributed by atoms with Crippen molar-refractivity contribution in [2.45, 2.75) is 12.4 Å². The van der Waals surface area contributed by atoms with Crippen molar-refractivity contribution >= 4 is 40.1 Å². The molecule has 1 aliphatic rings. The first-order valence-electron chi connectivity index (χ1n) is 12.3. The van der Waals surface area contributed by atoms with E-state index in [2.05, 4.69) is 30.6 Å².